The van der Waals surface area contributed by atoms with Crippen LogP contribution >= 0.6 is 0 Å². The molecular formula is C12H18N2O3. The Bertz CT molecular complexity index is 340. The molecule has 0 aromatic carbocycles. The molecule has 1 aromatic heterocycles. The van der Waals surface area contributed by atoms with Crippen LogP contribution in [0.25, 0.3) is 0 Å². The molecule has 1 aromatic rings. The number of anilines is 1. The number of nitrogen functional groups attached to an aromatic ring is 1. The standard InChI is InChI=1S/C12H18N2O3/c13-10-4-3-5-11(14-10)15-8-9-17-12-6-1-2-7-16-12/h3-5,12H,1-2,6-9H2,(H2,13,14). The zero-order valence-electron chi connectivity index (χ0n) is 9.80. The first-order valence-corrected chi connectivity index (χ1v) is 5.93. The van der Waals surface area contributed by atoms with Gasteiger partial charge in [-0.05, 0) is 25.3 Å². The average Bonchev–Trinajstić information content (AvgIpc) is 2.36. The van der Waals surface area contributed by atoms with E-state index in [0.29, 0.717) is 24.9 Å². The molecule has 1 fully saturated rings. The molecule has 0 amide bonds. The van der Waals surface area contributed by atoms with E-state index < -0.39 is 0 Å². The van der Waals surface area contributed by atoms with Crippen LogP contribution in [0.15, 0.2) is 18.2 Å². The van der Waals surface area contributed by atoms with E-state index in [4.69, 9.17) is 19.9 Å². The van der Waals surface area contributed by atoms with Crippen LogP contribution in [0.2, 0.25) is 0 Å². The van der Waals surface area contributed by atoms with Gasteiger partial charge in [-0.2, -0.15) is 4.98 Å². The first-order valence-electron chi connectivity index (χ1n) is 5.93. The second-order valence-electron chi connectivity index (χ2n) is 3.92. The van der Waals surface area contributed by atoms with E-state index in [0.717, 1.165) is 19.4 Å². The summed E-state index contributed by atoms with van der Waals surface area (Å²) in [6, 6.07) is 5.30. The summed E-state index contributed by atoms with van der Waals surface area (Å²) < 4.78 is 16.4. The molecule has 0 bridgehead atoms. The van der Waals surface area contributed by atoms with Crippen molar-refractivity contribution in [3.8, 4) is 5.88 Å². The zero-order chi connectivity index (χ0) is 11.9. The molecule has 1 unspecified atom stereocenters. The highest BCUT2D eigenvalue weighted by atomic mass is 16.7. The fraction of sp³-hybridized carbons (Fsp3) is 0.583. The highest BCUT2D eigenvalue weighted by Crippen LogP contribution is 2.13. The van der Waals surface area contributed by atoms with Crippen LogP contribution in [-0.4, -0.2) is 31.1 Å². The van der Waals surface area contributed by atoms with Gasteiger partial charge in [0.25, 0.3) is 0 Å². The van der Waals surface area contributed by atoms with Gasteiger partial charge < -0.3 is 19.9 Å². The summed E-state index contributed by atoms with van der Waals surface area (Å²) in [5.74, 6) is 0.984. The van der Waals surface area contributed by atoms with Gasteiger partial charge in [0.15, 0.2) is 6.29 Å². The Kier molecular flexibility index (Phi) is 4.58. The van der Waals surface area contributed by atoms with Gasteiger partial charge in [0.05, 0.1) is 6.61 Å². The highest BCUT2D eigenvalue weighted by molar-refractivity contribution is 5.30. The molecule has 0 aliphatic carbocycles. The van der Waals surface area contributed by atoms with Crippen molar-refractivity contribution in [2.24, 2.45) is 0 Å². The molecular weight excluding hydrogens is 220 g/mol. The summed E-state index contributed by atoms with van der Waals surface area (Å²) in [5, 5.41) is 0. The van der Waals surface area contributed by atoms with Crippen LogP contribution in [0.1, 0.15) is 19.3 Å². The second-order valence-corrected chi connectivity index (χ2v) is 3.92. The molecule has 5 heteroatoms. The maximum absolute atomic E-state index is 5.54. The van der Waals surface area contributed by atoms with Crippen LogP contribution in [0.4, 0.5) is 5.82 Å². The second kappa shape index (κ2) is 6.42. The molecule has 5 nitrogen and oxygen atoms in total. The summed E-state index contributed by atoms with van der Waals surface area (Å²) in [6.45, 7) is 1.75. The van der Waals surface area contributed by atoms with Crippen molar-refractivity contribution < 1.29 is 14.2 Å². The van der Waals surface area contributed by atoms with Crippen molar-refractivity contribution in [2.45, 2.75) is 25.6 Å². The van der Waals surface area contributed by atoms with Crippen LogP contribution in [0, 0.1) is 0 Å². The average molecular weight is 238 g/mol. The Labute approximate surface area is 101 Å². The number of hydrogen-bond acceptors (Lipinski definition) is 5. The molecule has 94 valence electrons. The van der Waals surface area contributed by atoms with Gasteiger partial charge in [0.2, 0.25) is 5.88 Å². The number of aromatic nitrogens is 1. The molecule has 1 aliphatic heterocycles. The first-order chi connectivity index (χ1) is 8.34. The Balaban J connectivity index is 1.62. The molecule has 1 aliphatic rings. The minimum Gasteiger partial charge on any atom is -0.475 e. The number of pyridine rings is 1. The van der Waals surface area contributed by atoms with Crippen molar-refractivity contribution in [3.05, 3.63) is 18.2 Å². The van der Waals surface area contributed by atoms with Gasteiger partial charge in [-0.25, -0.2) is 0 Å². The lowest BCUT2D eigenvalue weighted by molar-refractivity contribution is -0.165. The van der Waals surface area contributed by atoms with Crippen molar-refractivity contribution in [2.75, 3.05) is 25.6 Å². The van der Waals surface area contributed by atoms with Crippen LogP contribution in [-0.2, 0) is 9.47 Å². The van der Waals surface area contributed by atoms with Crippen molar-refractivity contribution in [1.82, 2.24) is 4.98 Å². The zero-order valence-corrected chi connectivity index (χ0v) is 9.80. The molecule has 1 saturated heterocycles. The molecule has 0 saturated carbocycles. The molecule has 0 spiro atoms. The third kappa shape index (κ3) is 4.20. The topological polar surface area (TPSA) is 66.6 Å². The van der Waals surface area contributed by atoms with E-state index in [2.05, 4.69) is 4.98 Å². The predicted molar refractivity (Wildman–Crippen MR) is 63.7 cm³/mol. The predicted octanol–water partition coefficient (Wildman–Crippen LogP) is 1.59. The van der Waals surface area contributed by atoms with Gasteiger partial charge in [0.1, 0.15) is 12.4 Å². The van der Waals surface area contributed by atoms with Crippen LogP contribution in [0.3, 0.4) is 0 Å². The van der Waals surface area contributed by atoms with E-state index in [1.807, 2.05) is 6.07 Å². The normalized spacial score (nSPS) is 20.1. The van der Waals surface area contributed by atoms with Gasteiger partial charge in [-0.15, -0.1) is 0 Å². The summed E-state index contributed by atoms with van der Waals surface area (Å²) in [6.07, 6.45) is 3.20. The quantitative estimate of drug-likeness (QED) is 0.789. The van der Waals surface area contributed by atoms with E-state index in [1.54, 1.807) is 12.1 Å². The molecule has 17 heavy (non-hydrogen) atoms. The lowest BCUT2D eigenvalue weighted by Crippen LogP contribution is -2.24. The molecule has 2 heterocycles. The summed E-state index contributed by atoms with van der Waals surface area (Å²) >= 11 is 0. The summed E-state index contributed by atoms with van der Waals surface area (Å²) in [5.41, 5.74) is 5.54. The lowest BCUT2D eigenvalue weighted by atomic mass is 10.2. The first kappa shape index (κ1) is 12.1. The Morgan fingerprint density at radius 3 is 3.06 bits per heavy atom. The molecule has 1 atom stereocenters. The minimum atomic E-state index is -0.0684. The van der Waals surface area contributed by atoms with Crippen LogP contribution < -0.4 is 10.5 Å². The van der Waals surface area contributed by atoms with Crippen LogP contribution in [0.5, 0.6) is 5.88 Å². The Hall–Kier alpha value is -1.33. The number of nitrogens with zero attached hydrogens (tertiary/aromatic N) is 1. The van der Waals surface area contributed by atoms with Crippen molar-refractivity contribution in [1.29, 1.82) is 0 Å². The number of hydrogen-bond donors (Lipinski definition) is 1. The fourth-order valence-corrected chi connectivity index (χ4v) is 1.68. The van der Waals surface area contributed by atoms with Gasteiger partial charge in [-0.1, -0.05) is 6.07 Å². The maximum Gasteiger partial charge on any atom is 0.215 e. The fourth-order valence-electron chi connectivity index (χ4n) is 1.68. The van der Waals surface area contributed by atoms with E-state index in [-0.39, 0.29) is 6.29 Å². The molecule has 0 radical (unpaired) electrons. The molecule has 2 N–H and O–H groups in total. The van der Waals surface area contributed by atoms with E-state index in [9.17, 15) is 0 Å². The molecule has 2 rings (SSSR count). The number of rotatable bonds is 5. The van der Waals surface area contributed by atoms with Crippen molar-refractivity contribution in [3.63, 3.8) is 0 Å². The van der Waals surface area contributed by atoms with Gasteiger partial charge >= 0.3 is 0 Å². The monoisotopic (exact) mass is 238 g/mol. The van der Waals surface area contributed by atoms with E-state index >= 15 is 0 Å². The Morgan fingerprint density at radius 1 is 1.35 bits per heavy atom. The summed E-state index contributed by atoms with van der Waals surface area (Å²) in [4.78, 5) is 4.03. The SMILES string of the molecule is Nc1cccc(OCCOC2CCCCO2)n1. The summed E-state index contributed by atoms with van der Waals surface area (Å²) in [7, 11) is 0. The Morgan fingerprint density at radius 2 is 2.29 bits per heavy atom. The largest absolute Gasteiger partial charge is 0.475 e. The maximum atomic E-state index is 5.54. The smallest absolute Gasteiger partial charge is 0.215 e. The minimum absolute atomic E-state index is 0.0684. The number of ether oxygens (including phenoxy) is 3. The third-order valence-corrected chi connectivity index (χ3v) is 2.52. The van der Waals surface area contributed by atoms with Gasteiger partial charge in [-0.3, -0.25) is 0 Å². The third-order valence-electron chi connectivity index (χ3n) is 2.52. The number of nitrogens with two attached hydrogens (primary N) is 1. The van der Waals surface area contributed by atoms with Crippen molar-refractivity contribution >= 4 is 5.82 Å². The highest BCUT2D eigenvalue weighted by Gasteiger charge is 2.13. The van der Waals surface area contributed by atoms with Gasteiger partial charge in [0, 0.05) is 12.7 Å². The van der Waals surface area contributed by atoms with E-state index in [1.165, 1.54) is 6.42 Å². The lowest BCUT2D eigenvalue weighted by Gasteiger charge is -2.22.